The summed E-state index contributed by atoms with van der Waals surface area (Å²) in [5, 5.41) is 1.07. The van der Waals surface area contributed by atoms with Gasteiger partial charge >= 0.3 is 0 Å². The van der Waals surface area contributed by atoms with Crippen molar-refractivity contribution in [1.29, 1.82) is 0 Å². The number of benzene rings is 1. The first-order valence-corrected chi connectivity index (χ1v) is 5.00. The molecule has 0 saturated heterocycles. The molecule has 0 aliphatic carbocycles. The van der Waals surface area contributed by atoms with Crippen molar-refractivity contribution in [3.8, 4) is 0 Å². The summed E-state index contributed by atoms with van der Waals surface area (Å²) in [6, 6.07) is 7.92. The van der Waals surface area contributed by atoms with Gasteiger partial charge in [0.25, 0.3) is 5.91 Å². The summed E-state index contributed by atoms with van der Waals surface area (Å²) >= 11 is 0. The molecule has 1 aromatic carbocycles. The van der Waals surface area contributed by atoms with Crippen molar-refractivity contribution in [1.82, 2.24) is 4.98 Å². The standard InChI is InChI=1S/C13H12N2O/c1-3-13(16)14-8-11-9(2)15-12-7-5-4-6-10(11)12/h3-8,15H,1H2,2H3. The Morgan fingerprint density at radius 3 is 2.94 bits per heavy atom. The topological polar surface area (TPSA) is 45.2 Å². The molecule has 2 rings (SSSR count). The number of amides is 1. The second kappa shape index (κ2) is 4.14. The summed E-state index contributed by atoms with van der Waals surface area (Å²) in [6.45, 7) is 5.33. The van der Waals surface area contributed by atoms with Crippen LogP contribution in [0.4, 0.5) is 0 Å². The minimum atomic E-state index is -0.329. The number of aliphatic imine (C=N–C) groups is 1. The molecule has 1 amide bonds. The number of nitrogens with one attached hydrogen (secondary N) is 1. The van der Waals surface area contributed by atoms with Crippen LogP contribution in [0, 0.1) is 6.92 Å². The summed E-state index contributed by atoms with van der Waals surface area (Å²) in [6.07, 6.45) is 2.78. The maximum atomic E-state index is 11.0. The molecule has 1 heterocycles. The highest BCUT2D eigenvalue weighted by molar-refractivity contribution is 6.05. The van der Waals surface area contributed by atoms with Gasteiger partial charge in [0.1, 0.15) is 0 Å². The zero-order chi connectivity index (χ0) is 11.5. The number of aromatic amines is 1. The van der Waals surface area contributed by atoms with Crippen molar-refractivity contribution in [2.75, 3.05) is 0 Å². The van der Waals surface area contributed by atoms with E-state index in [2.05, 4.69) is 16.6 Å². The lowest BCUT2D eigenvalue weighted by Crippen LogP contribution is -1.89. The van der Waals surface area contributed by atoms with Crippen molar-refractivity contribution in [2.24, 2.45) is 4.99 Å². The number of rotatable bonds is 2. The van der Waals surface area contributed by atoms with Crippen LogP contribution in [-0.4, -0.2) is 17.1 Å². The summed E-state index contributed by atoms with van der Waals surface area (Å²) < 4.78 is 0. The monoisotopic (exact) mass is 212 g/mol. The normalized spacial score (nSPS) is 11.1. The predicted molar refractivity (Wildman–Crippen MR) is 65.8 cm³/mol. The van der Waals surface area contributed by atoms with Crippen molar-refractivity contribution >= 4 is 23.0 Å². The molecule has 0 unspecified atom stereocenters. The number of nitrogens with zero attached hydrogens (tertiary/aromatic N) is 1. The molecule has 16 heavy (non-hydrogen) atoms. The van der Waals surface area contributed by atoms with E-state index < -0.39 is 0 Å². The van der Waals surface area contributed by atoms with Crippen molar-refractivity contribution in [3.05, 3.63) is 48.2 Å². The number of aromatic nitrogens is 1. The van der Waals surface area contributed by atoms with Crippen LogP contribution in [0.3, 0.4) is 0 Å². The van der Waals surface area contributed by atoms with Crippen LogP contribution < -0.4 is 0 Å². The number of fused-ring (bicyclic) bond motifs is 1. The molecule has 0 fully saturated rings. The van der Waals surface area contributed by atoms with Gasteiger partial charge in [0.2, 0.25) is 0 Å². The maximum Gasteiger partial charge on any atom is 0.269 e. The van der Waals surface area contributed by atoms with Crippen molar-refractivity contribution in [3.63, 3.8) is 0 Å². The van der Waals surface area contributed by atoms with E-state index in [9.17, 15) is 4.79 Å². The first-order valence-electron chi connectivity index (χ1n) is 5.00. The van der Waals surface area contributed by atoms with Gasteiger partial charge in [-0.1, -0.05) is 24.8 Å². The van der Waals surface area contributed by atoms with Gasteiger partial charge in [0, 0.05) is 28.4 Å². The highest BCUT2D eigenvalue weighted by Crippen LogP contribution is 2.19. The second-order valence-electron chi connectivity index (χ2n) is 3.51. The number of para-hydroxylation sites is 1. The molecular formula is C13H12N2O. The third-order valence-corrected chi connectivity index (χ3v) is 2.44. The highest BCUT2D eigenvalue weighted by Gasteiger charge is 2.05. The van der Waals surface area contributed by atoms with E-state index in [1.165, 1.54) is 6.08 Å². The van der Waals surface area contributed by atoms with Crippen molar-refractivity contribution in [2.45, 2.75) is 6.92 Å². The number of aryl methyl sites for hydroxylation is 1. The Balaban J connectivity index is 2.51. The fourth-order valence-electron chi connectivity index (χ4n) is 1.65. The third kappa shape index (κ3) is 1.80. The van der Waals surface area contributed by atoms with E-state index in [1.807, 2.05) is 31.2 Å². The quantitative estimate of drug-likeness (QED) is 0.603. The van der Waals surface area contributed by atoms with Crippen LogP contribution >= 0.6 is 0 Å². The molecular weight excluding hydrogens is 200 g/mol. The summed E-state index contributed by atoms with van der Waals surface area (Å²) in [4.78, 5) is 18.1. The van der Waals surface area contributed by atoms with Crippen LogP contribution in [-0.2, 0) is 4.79 Å². The first kappa shape index (κ1) is 10.4. The number of hydrogen-bond donors (Lipinski definition) is 1. The number of carbonyl (C=O) groups is 1. The molecule has 1 N–H and O–H groups in total. The van der Waals surface area contributed by atoms with Gasteiger partial charge in [-0.05, 0) is 19.1 Å². The Morgan fingerprint density at radius 1 is 1.44 bits per heavy atom. The molecule has 2 aromatic rings. The molecule has 0 spiro atoms. The first-order chi connectivity index (χ1) is 7.72. The second-order valence-corrected chi connectivity index (χ2v) is 3.51. The van der Waals surface area contributed by atoms with Gasteiger partial charge in [-0.3, -0.25) is 4.79 Å². The van der Waals surface area contributed by atoms with E-state index in [4.69, 9.17) is 0 Å². The van der Waals surface area contributed by atoms with Crippen LogP contribution in [0.25, 0.3) is 10.9 Å². The third-order valence-electron chi connectivity index (χ3n) is 2.44. The van der Waals surface area contributed by atoms with Crippen LogP contribution in [0.5, 0.6) is 0 Å². The predicted octanol–water partition coefficient (Wildman–Crippen LogP) is 2.61. The van der Waals surface area contributed by atoms with Gasteiger partial charge < -0.3 is 4.98 Å². The Bertz CT molecular complexity index is 579. The maximum absolute atomic E-state index is 11.0. The van der Waals surface area contributed by atoms with Gasteiger partial charge in [0.15, 0.2) is 0 Å². The molecule has 3 heteroatoms. The molecule has 1 aromatic heterocycles. The molecule has 0 saturated carbocycles. The van der Waals surface area contributed by atoms with E-state index in [0.29, 0.717) is 0 Å². The Labute approximate surface area is 93.5 Å². The molecule has 0 radical (unpaired) electrons. The smallest absolute Gasteiger partial charge is 0.269 e. The lowest BCUT2D eigenvalue weighted by molar-refractivity contribution is -0.113. The van der Waals surface area contributed by atoms with Gasteiger partial charge in [0.05, 0.1) is 0 Å². The molecule has 80 valence electrons. The minimum absolute atomic E-state index is 0.329. The molecule has 0 atom stereocenters. The minimum Gasteiger partial charge on any atom is -0.358 e. The summed E-state index contributed by atoms with van der Waals surface area (Å²) in [7, 11) is 0. The lowest BCUT2D eigenvalue weighted by atomic mass is 10.1. The van der Waals surface area contributed by atoms with Gasteiger partial charge in [-0.15, -0.1) is 0 Å². The van der Waals surface area contributed by atoms with E-state index in [-0.39, 0.29) is 5.91 Å². The molecule has 0 aliphatic rings. The van der Waals surface area contributed by atoms with Crippen LogP contribution in [0.2, 0.25) is 0 Å². The zero-order valence-electron chi connectivity index (χ0n) is 9.03. The van der Waals surface area contributed by atoms with E-state index in [0.717, 1.165) is 22.2 Å². The highest BCUT2D eigenvalue weighted by atomic mass is 16.1. The van der Waals surface area contributed by atoms with Crippen molar-refractivity contribution < 1.29 is 4.79 Å². The molecule has 0 aliphatic heterocycles. The molecule has 0 bridgehead atoms. The average Bonchev–Trinajstić information content (AvgIpc) is 2.62. The Morgan fingerprint density at radius 2 is 2.19 bits per heavy atom. The van der Waals surface area contributed by atoms with Crippen LogP contribution in [0.1, 0.15) is 11.3 Å². The van der Waals surface area contributed by atoms with Crippen LogP contribution in [0.15, 0.2) is 41.9 Å². The largest absolute Gasteiger partial charge is 0.358 e. The zero-order valence-corrected chi connectivity index (χ0v) is 9.03. The Hall–Kier alpha value is -2.16. The average molecular weight is 212 g/mol. The Kier molecular flexibility index (Phi) is 2.68. The summed E-state index contributed by atoms with van der Waals surface area (Å²) in [5.41, 5.74) is 3.00. The molecule has 3 nitrogen and oxygen atoms in total. The SMILES string of the molecule is C=CC(=O)N=Cc1c(C)[nH]c2ccccc12. The van der Waals surface area contributed by atoms with Gasteiger partial charge in [-0.2, -0.15) is 0 Å². The van der Waals surface area contributed by atoms with Gasteiger partial charge in [-0.25, -0.2) is 4.99 Å². The number of H-pyrrole nitrogens is 1. The fraction of sp³-hybridized carbons (Fsp3) is 0.0769. The summed E-state index contributed by atoms with van der Waals surface area (Å²) in [5.74, 6) is -0.329. The van der Waals surface area contributed by atoms with E-state index in [1.54, 1.807) is 6.21 Å². The number of hydrogen-bond acceptors (Lipinski definition) is 1. The number of carbonyl (C=O) groups excluding carboxylic acids is 1. The van der Waals surface area contributed by atoms with E-state index >= 15 is 0 Å². The lowest BCUT2D eigenvalue weighted by Gasteiger charge is -1.91. The fourth-order valence-corrected chi connectivity index (χ4v) is 1.65.